The van der Waals surface area contributed by atoms with Gasteiger partial charge in [-0.05, 0) is 12.5 Å². The number of fused-ring (bicyclic) bond motifs is 1. The summed E-state index contributed by atoms with van der Waals surface area (Å²) in [6.07, 6.45) is 5.75. The molecule has 0 N–H and O–H groups in total. The van der Waals surface area contributed by atoms with E-state index in [1.165, 1.54) is 0 Å². The highest BCUT2D eigenvalue weighted by Crippen LogP contribution is 2.30. The van der Waals surface area contributed by atoms with Crippen molar-refractivity contribution in [3.8, 4) is 11.3 Å². The Balaban J connectivity index is 2.13. The number of hydrogen-bond donors (Lipinski definition) is 0. The molecule has 102 valence electrons. The first-order chi connectivity index (χ1) is 9.81. The largest absolute Gasteiger partial charge is 0.315 e. The number of rotatable bonds is 4. The van der Waals surface area contributed by atoms with E-state index < -0.39 is 0 Å². The van der Waals surface area contributed by atoms with Crippen molar-refractivity contribution < 1.29 is 0 Å². The van der Waals surface area contributed by atoms with E-state index in [2.05, 4.69) is 42.4 Å². The van der Waals surface area contributed by atoms with Crippen LogP contribution in [0.4, 0.5) is 0 Å². The summed E-state index contributed by atoms with van der Waals surface area (Å²) in [5.74, 6) is 0. The number of aryl methyl sites for hydroxylation is 1. The van der Waals surface area contributed by atoms with Gasteiger partial charge in [-0.1, -0.05) is 47.5 Å². The molecule has 0 atom stereocenters. The zero-order valence-corrected chi connectivity index (χ0v) is 12.8. The number of benzene rings is 1. The first-order valence-corrected chi connectivity index (χ1v) is 7.51. The molecule has 0 aliphatic carbocycles. The van der Waals surface area contributed by atoms with Gasteiger partial charge in [0.15, 0.2) is 5.65 Å². The Hall–Kier alpha value is -1.75. The van der Waals surface area contributed by atoms with E-state index in [0.29, 0.717) is 0 Å². The molecule has 3 rings (SSSR count). The Morgan fingerprint density at radius 1 is 1.15 bits per heavy atom. The number of hydrogen-bond acceptors (Lipinski definition) is 3. The van der Waals surface area contributed by atoms with Crippen LogP contribution in [0.2, 0.25) is 0 Å². The summed E-state index contributed by atoms with van der Waals surface area (Å²) in [4.78, 5) is 13.3. The molecule has 0 aliphatic rings. The van der Waals surface area contributed by atoms with Crippen molar-refractivity contribution in [1.29, 1.82) is 0 Å². The molecule has 0 spiro atoms. The molecule has 3 aromatic rings. The Morgan fingerprint density at radius 3 is 2.80 bits per heavy atom. The van der Waals surface area contributed by atoms with E-state index in [1.54, 1.807) is 6.33 Å². The van der Waals surface area contributed by atoms with E-state index in [-0.39, 0.29) is 0 Å². The zero-order chi connectivity index (χ0) is 13.9. The molecular formula is C15H15BrN4. The maximum atomic E-state index is 4.51. The van der Waals surface area contributed by atoms with Crippen LogP contribution in [0.3, 0.4) is 0 Å². The van der Waals surface area contributed by atoms with Crippen molar-refractivity contribution in [3.63, 3.8) is 0 Å². The normalized spacial score (nSPS) is 11.1. The molecular weight excluding hydrogens is 316 g/mol. The van der Waals surface area contributed by atoms with Crippen LogP contribution in [0.25, 0.3) is 22.4 Å². The SMILES string of the molecule is CCCCn1cnc2c(-c3ccccc3Br)ncnc21. The lowest BCUT2D eigenvalue weighted by Gasteiger charge is -2.05. The standard InChI is InChI=1S/C15H15BrN4/c1-2-3-8-20-10-19-14-13(17-9-18-15(14)20)11-6-4-5-7-12(11)16/h4-7,9-10H,2-3,8H2,1H3. The predicted octanol–water partition coefficient (Wildman–Crippen LogP) is 4.06. The van der Waals surface area contributed by atoms with Crippen LogP contribution in [0.1, 0.15) is 19.8 Å². The number of aromatic nitrogens is 4. The fourth-order valence-corrected chi connectivity index (χ4v) is 2.70. The molecule has 0 radical (unpaired) electrons. The van der Waals surface area contributed by atoms with E-state index in [1.807, 2.05) is 30.6 Å². The summed E-state index contributed by atoms with van der Waals surface area (Å²) in [6.45, 7) is 3.13. The fraction of sp³-hybridized carbons (Fsp3) is 0.267. The van der Waals surface area contributed by atoms with Crippen molar-refractivity contribution >= 4 is 27.1 Å². The van der Waals surface area contributed by atoms with Gasteiger partial charge in [-0.25, -0.2) is 15.0 Å². The summed E-state index contributed by atoms with van der Waals surface area (Å²) >= 11 is 3.57. The second kappa shape index (κ2) is 5.71. The average molecular weight is 331 g/mol. The van der Waals surface area contributed by atoms with Crippen LogP contribution in [0.5, 0.6) is 0 Å². The van der Waals surface area contributed by atoms with Gasteiger partial charge in [-0.3, -0.25) is 0 Å². The minimum atomic E-state index is 0.857. The van der Waals surface area contributed by atoms with E-state index >= 15 is 0 Å². The summed E-state index contributed by atoms with van der Waals surface area (Å²) in [5, 5.41) is 0. The molecule has 0 unspecified atom stereocenters. The van der Waals surface area contributed by atoms with E-state index in [9.17, 15) is 0 Å². The molecule has 0 fully saturated rings. The lowest BCUT2D eigenvalue weighted by atomic mass is 10.1. The fourth-order valence-electron chi connectivity index (χ4n) is 2.22. The maximum absolute atomic E-state index is 4.51. The minimum Gasteiger partial charge on any atom is -0.315 e. The third kappa shape index (κ3) is 2.33. The molecule has 20 heavy (non-hydrogen) atoms. The molecule has 0 saturated carbocycles. The van der Waals surface area contributed by atoms with Crippen molar-refractivity contribution in [1.82, 2.24) is 19.5 Å². The van der Waals surface area contributed by atoms with Gasteiger partial charge in [0, 0.05) is 16.6 Å². The van der Waals surface area contributed by atoms with Gasteiger partial charge in [0.1, 0.15) is 17.5 Å². The third-order valence-electron chi connectivity index (χ3n) is 3.28. The lowest BCUT2D eigenvalue weighted by Crippen LogP contribution is -1.98. The van der Waals surface area contributed by atoms with Gasteiger partial charge < -0.3 is 4.57 Å². The smallest absolute Gasteiger partial charge is 0.163 e. The molecule has 4 nitrogen and oxygen atoms in total. The second-order valence-corrected chi connectivity index (χ2v) is 5.52. The highest BCUT2D eigenvalue weighted by molar-refractivity contribution is 9.10. The minimum absolute atomic E-state index is 0.857. The van der Waals surface area contributed by atoms with Gasteiger partial charge in [-0.15, -0.1) is 0 Å². The van der Waals surface area contributed by atoms with Crippen LogP contribution in [0, 0.1) is 0 Å². The van der Waals surface area contributed by atoms with Crippen molar-refractivity contribution in [2.45, 2.75) is 26.3 Å². The molecule has 2 aromatic heterocycles. The first-order valence-electron chi connectivity index (χ1n) is 6.72. The Bertz CT molecular complexity index is 736. The topological polar surface area (TPSA) is 43.6 Å². The molecule has 0 saturated heterocycles. The summed E-state index contributed by atoms with van der Waals surface area (Å²) in [7, 11) is 0. The molecule has 0 aliphatic heterocycles. The summed E-state index contributed by atoms with van der Waals surface area (Å²) in [6, 6.07) is 8.04. The highest BCUT2D eigenvalue weighted by Gasteiger charge is 2.13. The predicted molar refractivity (Wildman–Crippen MR) is 83.4 cm³/mol. The average Bonchev–Trinajstić information content (AvgIpc) is 2.89. The number of unbranched alkanes of at least 4 members (excludes halogenated alkanes) is 1. The highest BCUT2D eigenvalue weighted by atomic mass is 79.9. The van der Waals surface area contributed by atoms with Crippen molar-refractivity contribution in [3.05, 3.63) is 41.4 Å². The molecule has 2 heterocycles. The van der Waals surface area contributed by atoms with Crippen LogP contribution in [-0.2, 0) is 6.54 Å². The quantitative estimate of drug-likeness (QED) is 0.724. The monoisotopic (exact) mass is 330 g/mol. The van der Waals surface area contributed by atoms with Crippen LogP contribution >= 0.6 is 15.9 Å². The number of imidazole rings is 1. The first kappa shape index (κ1) is 13.2. The van der Waals surface area contributed by atoms with Gasteiger partial charge >= 0.3 is 0 Å². The number of nitrogens with zero attached hydrogens (tertiary/aromatic N) is 4. The van der Waals surface area contributed by atoms with Crippen LogP contribution in [0.15, 0.2) is 41.4 Å². The number of halogens is 1. The van der Waals surface area contributed by atoms with Crippen LogP contribution < -0.4 is 0 Å². The third-order valence-corrected chi connectivity index (χ3v) is 3.97. The molecule has 1 aromatic carbocycles. The van der Waals surface area contributed by atoms with Crippen LogP contribution in [-0.4, -0.2) is 19.5 Å². The van der Waals surface area contributed by atoms with Gasteiger partial charge in [0.2, 0.25) is 0 Å². The zero-order valence-electron chi connectivity index (χ0n) is 11.3. The molecule has 5 heteroatoms. The van der Waals surface area contributed by atoms with Gasteiger partial charge in [0.05, 0.1) is 6.33 Å². The lowest BCUT2D eigenvalue weighted by molar-refractivity contribution is 0.641. The van der Waals surface area contributed by atoms with Gasteiger partial charge in [-0.2, -0.15) is 0 Å². The molecule has 0 bridgehead atoms. The summed E-state index contributed by atoms with van der Waals surface area (Å²) < 4.78 is 3.11. The summed E-state index contributed by atoms with van der Waals surface area (Å²) in [5.41, 5.74) is 3.67. The van der Waals surface area contributed by atoms with Crippen molar-refractivity contribution in [2.75, 3.05) is 0 Å². The molecule has 0 amide bonds. The van der Waals surface area contributed by atoms with E-state index in [0.717, 1.165) is 46.3 Å². The maximum Gasteiger partial charge on any atom is 0.163 e. The van der Waals surface area contributed by atoms with Gasteiger partial charge in [0.25, 0.3) is 0 Å². The van der Waals surface area contributed by atoms with Crippen molar-refractivity contribution in [2.24, 2.45) is 0 Å². The Morgan fingerprint density at radius 2 is 2.00 bits per heavy atom. The Labute approximate surface area is 126 Å². The Kier molecular flexibility index (Phi) is 3.78. The van der Waals surface area contributed by atoms with E-state index in [4.69, 9.17) is 0 Å². The second-order valence-electron chi connectivity index (χ2n) is 4.67.